The van der Waals surface area contributed by atoms with Gasteiger partial charge in [-0.2, -0.15) is 5.10 Å². The molecule has 1 fully saturated rings. The monoisotopic (exact) mass is 336 g/mol. The lowest BCUT2D eigenvalue weighted by Gasteiger charge is -2.19. The Labute approximate surface area is 142 Å². The van der Waals surface area contributed by atoms with Gasteiger partial charge in [-0.3, -0.25) is 19.4 Å². The van der Waals surface area contributed by atoms with Gasteiger partial charge in [-0.05, 0) is 25.7 Å². The number of aromatic amines is 1. The molecule has 0 amide bonds. The van der Waals surface area contributed by atoms with Crippen LogP contribution in [0, 0.1) is 0 Å². The van der Waals surface area contributed by atoms with E-state index in [1.807, 2.05) is 18.9 Å². The number of aromatic hydroxyl groups is 1. The standard InChI is InChI=1S/C17H28N4O3/c1-3-5-12-21-16(23)14(15(22)18-17(21)24)13(4-2)19-20-10-8-6-7-9-11-20/h23H,3-12H2,1-2H3,(H,18,22,24)/b19-13+. The maximum atomic E-state index is 12.3. The maximum Gasteiger partial charge on any atom is 0.331 e. The fraction of sp³-hybridized carbons (Fsp3) is 0.706. The first kappa shape index (κ1) is 18.3. The summed E-state index contributed by atoms with van der Waals surface area (Å²) in [5.41, 5.74) is -0.487. The van der Waals surface area contributed by atoms with E-state index in [4.69, 9.17) is 0 Å². The van der Waals surface area contributed by atoms with Crippen molar-refractivity contribution in [3.05, 3.63) is 26.4 Å². The Kier molecular flexibility index (Phi) is 6.63. The average molecular weight is 336 g/mol. The number of hydrazone groups is 1. The third-order valence-electron chi connectivity index (χ3n) is 4.38. The highest BCUT2D eigenvalue weighted by atomic mass is 16.3. The minimum atomic E-state index is -0.570. The Bertz CT molecular complexity index is 682. The van der Waals surface area contributed by atoms with Crippen LogP contribution >= 0.6 is 0 Å². The van der Waals surface area contributed by atoms with Crippen LogP contribution in [0.4, 0.5) is 0 Å². The van der Waals surface area contributed by atoms with Crippen LogP contribution in [0.1, 0.15) is 64.4 Å². The van der Waals surface area contributed by atoms with Crippen molar-refractivity contribution < 1.29 is 5.11 Å². The van der Waals surface area contributed by atoms with E-state index in [1.165, 1.54) is 17.4 Å². The molecule has 1 aromatic heterocycles. The normalized spacial score (nSPS) is 16.2. The van der Waals surface area contributed by atoms with E-state index in [9.17, 15) is 14.7 Å². The molecule has 1 saturated heterocycles. The van der Waals surface area contributed by atoms with Crippen molar-refractivity contribution in [2.45, 2.75) is 65.3 Å². The summed E-state index contributed by atoms with van der Waals surface area (Å²) in [6.07, 6.45) is 6.71. The lowest BCUT2D eigenvalue weighted by Crippen LogP contribution is -2.34. The lowest BCUT2D eigenvalue weighted by atomic mass is 10.1. The molecule has 1 aromatic rings. The first-order chi connectivity index (χ1) is 11.6. The van der Waals surface area contributed by atoms with E-state index in [-0.39, 0.29) is 11.4 Å². The molecular weight excluding hydrogens is 308 g/mol. The molecule has 24 heavy (non-hydrogen) atoms. The number of unbranched alkanes of at least 4 members (excludes halogenated alkanes) is 1. The van der Waals surface area contributed by atoms with Gasteiger partial charge in [0.2, 0.25) is 5.88 Å². The van der Waals surface area contributed by atoms with Crippen LogP contribution in [-0.4, -0.2) is 38.5 Å². The van der Waals surface area contributed by atoms with Gasteiger partial charge in [0.05, 0.1) is 5.71 Å². The molecule has 0 atom stereocenters. The molecule has 2 rings (SSSR count). The molecule has 0 aliphatic carbocycles. The minimum Gasteiger partial charge on any atom is -0.494 e. The van der Waals surface area contributed by atoms with Crippen molar-refractivity contribution in [3.63, 3.8) is 0 Å². The molecule has 0 aromatic carbocycles. The van der Waals surface area contributed by atoms with E-state index in [0.29, 0.717) is 18.7 Å². The van der Waals surface area contributed by atoms with Gasteiger partial charge in [-0.25, -0.2) is 4.79 Å². The van der Waals surface area contributed by atoms with Gasteiger partial charge >= 0.3 is 5.69 Å². The highest BCUT2D eigenvalue weighted by molar-refractivity contribution is 6.01. The molecule has 7 heteroatoms. The Balaban J connectivity index is 2.43. The molecule has 1 aliphatic heterocycles. The Morgan fingerprint density at radius 1 is 1.17 bits per heavy atom. The quantitative estimate of drug-likeness (QED) is 0.778. The van der Waals surface area contributed by atoms with E-state index >= 15 is 0 Å². The van der Waals surface area contributed by atoms with Gasteiger partial charge in [-0.1, -0.05) is 33.1 Å². The molecule has 7 nitrogen and oxygen atoms in total. The predicted molar refractivity (Wildman–Crippen MR) is 94.8 cm³/mol. The van der Waals surface area contributed by atoms with Gasteiger partial charge in [0, 0.05) is 19.6 Å². The van der Waals surface area contributed by atoms with E-state index in [1.54, 1.807) is 0 Å². The van der Waals surface area contributed by atoms with Crippen LogP contribution in [-0.2, 0) is 6.54 Å². The van der Waals surface area contributed by atoms with Gasteiger partial charge in [0.1, 0.15) is 5.56 Å². The van der Waals surface area contributed by atoms with Crippen molar-refractivity contribution in [1.29, 1.82) is 0 Å². The summed E-state index contributed by atoms with van der Waals surface area (Å²) in [5, 5.41) is 17.1. The van der Waals surface area contributed by atoms with Crippen molar-refractivity contribution in [2.24, 2.45) is 5.10 Å². The SMILES string of the molecule is CCCCn1c(O)c(/C(CC)=N/N2CCCCCC2)c(=O)[nH]c1=O. The second kappa shape index (κ2) is 8.70. The van der Waals surface area contributed by atoms with Crippen LogP contribution in [0.3, 0.4) is 0 Å². The molecule has 134 valence electrons. The lowest BCUT2D eigenvalue weighted by molar-refractivity contribution is 0.300. The second-order valence-electron chi connectivity index (χ2n) is 6.23. The van der Waals surface area contributed by atoms with Crippen molar-refractivity contribution >= 4 is 5.71 Å². The van der Waals surface area contributed by atoms with Crippen LogP contribution in [0.25, 0.3) is 0 Å². The van der Waals surface area contributed by atoms with Gasteiger partial charge in [0.25, 0.3) is 5.56 Å². The summed E-state index contributed by atoms with van der Waals surface area (Å²) in [6.45, 7) is 6.00. The molecule has 0 spiro atoms. The molecule has 0 bridgehead atoms. The topological polar surface area (TPSA) is 90.7 Å². The first-order valence-electron chi connectivity index (χ1n) is 8.97. The van der Waals surface area contributed by atoms with Gasteiger partial charge in [-0.15, -0.1) is 0 Å². The number of aromatic nitrogens is 2. The van der Waals surface area contributed by atoms with Crippen LogP contribution < -0.4 is 11.2 Å². The Hall–Kier alpha value is -2.05. The molecular formula is C17H28N4O3. The molecule has 0 saturated carbocycles. The predicted octanol–water partition coefficient (Wildman–Crippen LogP) is 2.03. The van der Waals surface area contributed by atoms with Crippen molar-refractivity contribution in [3.8, 4) is 5.88 Å². The largest absolute Gasteiger partial charge is 0.494 e. The molecule has 0 unspecified atom stereocenters. The molecule has 0 radical (unpaired) electrons. The third kappa shape index (κ3) is 4.27. The summed E-state index contributed by atoms with van der Waals surface area (Å²) in [5.74, 6) is -0.271. The van der Waals surface area contributed by atoms with E-state index in [2.05, 4.69) is 10.1 Å². The summed E-state index contributed by atoms with van der Waals surface area (Å²) < 4.78 is 1.23. The molecule has 1 aliphatic rings. The number of nitrogens with zero attached hydrogens (tertiary/aromatic N) is 3. The average Bonchev–Trinajstić information content (AvgIpc) is 2.82. The minimum absolute atomic E-state index is 0.123. The Morgan fingerprint density at radius 3 is 2.42 bits per heavy atom. The van der Waals surface area contributed by atoms with Crippen molar-refractivity contribution in [1.82, 2.24) is 14.6 Å². The third-order valence-corrected chi connectivity index (χ3v) is 4.38. The number of hydrogen-bond acceptors (Lipinski definition) is 5. The smallest absolute Gasteiger partial charge is 0.331 e. The zero-order chi connectivity index (χ0) is 17.5. The summed E-state index contributed by atoms with van der Waals surface area (Å²) in [7, 11) is 0. The fourth-order valence-corrected chi connectivity index (χ4v) is 2.97. The van der Waals surface area contributed by atoms with Crippen LogP contribution in [0.5, 0.6) is 5.88 Å². The van der Waals surface area contributed by atoms with Gasteiger partial charge < -0.3 is 5.11 Å². The summed E-state index contributed by atoms with van der Waals surface area (Å²) >= 11 is 0. The Morgan fingerprint density at radius 2 is 1.83 bits per heavy atom. The second-order valence-corrected chi connectivity index (χ2v) is 6.23. The van der Waals surface area contributed by atoms with Crippen molar-refractivity contribution in [2.75, 3.05) is 13.1 Å². The number of rotatable bonds is 6. The number of H-pyrrole nitrogens is 1. The summed E-state index contributed by atoms with van der Waals surface area (Å²) in [4.78, 5) is 26.5. The highest BCUT2D eigenvalue weighted by Gasteiger charge is 2.19. The molecule has 2 N–H and O–H groups in total. The number of nitrogens with one attached hydrogen (secondary N) is 1. The fourth-order valence-electron chi connectivity index (χ4n) is 2.97. The maximum absolute atomic E-state index is 12.3. The highest BCUT2D eigenvalue weighted by Crippen LogP contribution is 2.16. The van der Waals surface area contributed by atoms with E-state index in [0.717, 1.165) is 38.8 Å². The first-order valence-corrected chi connectivity index (χ1v) is 8.97. The van der Waals surface area contributed by atoms with Crippen LogP contribution in [0.15, 0.2) is 14.7 Å². The van der Waals surface area contributed by atoms with Gasteiger partial charge in [0.15, 0.2) is 0 Å². The summed E-state index contributed by atoms with van der Waals surface area (Å²) in [6, 6.07) is 0. The van der Waals surface area contributed by atoms with E-state index < -0.39 is 11.2 Å². The zero-order valence-corrected chi connectivity index (χ0v) is 14.7. The number of hydrogen-bond donors (Lipinski definition) is 2. The van der Waals surface area contributed by atoms with Crippen LogP contribution in [0.2, 0.25) is 0 Å². The molecule has 2 heterocycles. The zero-order valence-electron chi connectivity index (χ0n) is 14.7.